The maximum atomic E-state index is 13.0. The zero-order valence-electron chi connectivity index (χ0n) is 25.6. The summed E-state index contributed by atoms with van der Waals surface area (Å²) in [5.41, 5.74) is 4.29. The highest BCUT2D eigenvalue weighted by atomic mass is 32.2. The number of morpholine rings is 1. The minimum Gasteiger partial charge on any atom is -0.451 e. The van der Waals surface area contributed by atoms with Crippen LogP contribution in [0.25, 0.3) is 11.1 Å². The van der Waals surface area contributed by atoms with Gasteiger partial charge in [-0.3, -0.25) is 14.5 Å². The lowest BCUT2D eigenvalue weighted by Crippen LogP contribution is -2.51. The summed E-state index contributed by atoms with van der Waals surface area (Å²) in [5.74, 6) is 6.85. The van der Waals surface area contributed by atoms with E-state index in [-0.39, 0.29) is 18.5 Å². The van der Waals surface area contributed by atoms with E-state index < -0.39 is 26.8 Å². The van der Waals surface area contributed by atoms with Crippen LogP contribution in [0.3, 0.4) is 0 Å². The number of hydrogen-bond acceptors (Lipinski definition) is 9. The van der Waals surface area contributed by atoms with Gasteiger partial charge >= 0.3 is 0 Å². The number of rotatable bonds is 10. The summed E-state index contributed by atoms with van der Waals surface area (Å²) in [4.78, 5) is 33.5. The highest BCUT2D eigenvalue weighted by Gasteiger charge is 2.44. The molecule has 0 saturated carbocycles. The molecule has 0 aliphatic carbocycles. The Balaban J connectivity index is 1.19. The third kappa shape index (κ3) is 8.51. The maximum Gasteiger partial charge on any atom is 0.264 e. The number of aryl methyl sites for hydroxylation is 1. The number of ether oxygens (including phenoxy) is 2. The summed E-state index contributed by atoms with van der Waals surface area (Å²) < 4.78 is 41.6. The monoisotopic (exact) mass is 637 g/mol. The highest BCUT2D eigenvalue weighted by molar-refractivity contribution is 7.92. The fourth-order valence-electron chi connectivity index (χ4n) is 5.09. The predicted octanol–water partition coefficient (Wildman–Crippen LogP) is 3.11. The third-order valence-corrected chi connectivity index (χ3v) is 10.3. The molecule has 2 aliphatic rings. The second-order valence-corrected chi connectivity index (χ2v) is 14.0. The molecule has 2 aliphatic heterocycles. The van der Waals surface area contributed by atoms with Gasteiger partial charge in [-0.05, 0) is 73.6 Å². The first-order valence-corrected chi connectivity index (χ1v) is 17.0. The Hall–Kier alpha value is -3.73. The van der Waals surface area contributed by atoms with E-state index in [1.807, 2.05) is 36.4 Å². The van der Waals surface area contributed by atoms with Crippen LogP contribution in [0.4, 0.5) is 0 Å². The molecule has 2 atom stereocenters. The number of furan rings is 1. The highest BCUT2D eigenvalue weighted by Crippen LogP contribution is 2.24. The van der Waals surface area contributed by atoms with Gasteiger partial charge < -0.3 is 18.5 Å². The summed E-state index contributed by atoms with van der Waals surface area (Å²) in [6.45, 7) is 5.85. The minimum atomic E-state index is -3.85. The Morgan fingerprint density at radius 2 is 1.82 bits per heavy atom. The molecule has 240 valence electrons. The van der Waals surface area contributed by atoms with Gasteiger partial charge in [0.05, 0.1) is 19.8 Å². The number of nitrogens with one attached hydrogen (secondary N) is 1. The Kier molecular flexibility index (Phi) is 10.6. The number of carbonyl (C=O) groups is 1. The first-order valence-electron chi connectivity index (χ1n) is 15.1. The topological polar surface area (TPSA) is 129 Å². The van der Waals surface area contributed by atoms with E-state index in [0.717, 1.165) is 68.8 Å². The zero-order valence-corrected chi connectivity index (χ0v) is 26.4. The number of amides is 1. The fourth-order valence-corrected chi connectivity index (χ4v) is 5.93. The maximum absolute atomic E-state index is 13.0. The number of carbonyl (C=O) groups excluding carboxylic acids is 1. The van der Waals surface area contributed by atoms with Crippen LogP contribution in [0.5, 0.6) is 0 Å². The van der Waals surface area contributed by atoms with Crippen LogP contribution in [0.15, 0.2) is 63.9 Å². The van der Waals surface area contributed by atoms with Gasteiger partial charge in [0.15, 0.2) is 26.6 Å². The van der Waals surface area contributed by atoms with Crippen molar-refractivity contribution in [1.29, 1.82) is 0 Å². The van der Waals surface area contributed by atoms with Crippen LogP contribution in [-0.4, -0.2) is 74.0 Å². The van der Waals surface area contributed by atoms with Crippen molar-refractivity contribution in [3.05, 3.63) is 82.2 Å². The molecule has 12 heteroatoms. The second kappa shape index (κ2) is 14.6. The molecule has 2 unspecified atom stereocenters. The van der Waals surface area contributed by atoms with E-state index in [1.165, 1.54) is 17.6 Å². The summed E-state index contributed by atoms with van der Waals surface area (Å²) in [7, 11) is -3.85. The second-order valence-electron chi connectivity index (χ2n) is 11.5. The molecule has 3 aromatic rings. The van der Waals surface area contributed by atoms with Crippen molar-refractivity contribution in [2.75, 3.05) is 39.2 Å². The first kappa shape index (κ1) is 32.7. The molecule has 2 aromatic heterocycles. The molecule has 1 N–H and O–H groups in total. The third-order valence-electron chi connectivity index (χ3n) is 8.24. The molecule has 45 heavy (non-hydrogen) atoms. The van der Waals surface area contributed by atoms with Crippen LogP contribution in [0.2, 0.25) is 0 Å². The lowest BCUT2D eigenvalue weighted by Gasteiger charge is -2.28. The predicted molar refractivity (Wildman–Crippen MR) is 168 cm³/mol. The fraction of sp³-hybridized carbons (Fsp3) is 0.455. The van der Waals surface area contributed by atoms with Gasteiger partial charge in [-0.2, -0.15) is 0 Å². The van der Waals surface area contributed by atoms with Gasteiger partial charge in [-0.25, -0.2) is 18.7 Å². The summed E-state index contributed by atoms with van der Waals surface area (Å²) in [6.07, 6.45) is 4.28. The van der Waals surface area contributed by atoms with Gasteiger partial charge in [-0.1, -0.05) is 18.1 Å². The lowest BCUT2D eigenvalue weighted by molar-refractivity contribution is -0.201. The van der Waals surface area contributed by atoms with Crippen molar-refractivity contribution in [2.45, 2.75) is 56.7 Å². The van der Waals surface area contributed by atoms with Crippen LogP contribution < -0.4 is 11.0 Å². The van der Waals surface area contributed by atoms with E-state index in [2.05, 4.69) is 22.2 Å². The molecule has 1 aromatic carbocycles. The van der Waals surface area contributed by atoms with Crippen molar-refractivity contribution in [3.63, 3.8) is 0 Å². The zero-order chi connectivity index (χ0) is 31.9. The average molecular weight is 638 g/mol. The molecular weight excluding hydrogens is 598 g/mol. The Morgan fingerprint density at radius 3 is 2.51 bits per heavy atom. The molecule has 1 amide bonds. The van der Waals surface area contributed by atoms with Gasteiger partial charge in [0.25, 0.3) is 11.5 Å². The van der Waals surface area contributed by atoms with Crippen molar-refractivity contribution in [3.8, 4) is 23.0 Å². The molecule has 2 fully saturated rings. The summed E-state index contributed by atoms with van der Waals surface area (Å²) in [6, 6.07) is 14.6. The van der Waals surface area contributed by atoms with Gasteiger partial charge in [-0.15, -0.1) is 0 Å². The van der Waals surface area contributed by atoms with Crippen molar-refractivity contribution < 1.29 is 31.9 Å². The molecule has 11 nitrogen and oxygen atoms in total. The number of pyridine rings is 1. The lowest BCUT2D eigenvalue weighted by atomic mass is 10.0. The molecule has 0 bridgehead atoms. The number of hydrogen-bond donors (Lipinski definition) is 1. The quantitative estimate of drug-likeness (QED) is 0.263. The Morgan fingerprint density at radius 1 is 1.04 bits per heavy atom. The minimum absolute atomic E-state index is 0.0193. The smallest absolute Gasteiger partial charge is 0.264 e. The van der Waals surface area contributed by atoms with Crippen molar-refractivity contribution in [2.24, 2.45) is 0 Å². The SMILES string of the molecule is CC(CCn1ccc(-c2ccc(C#Cc3ccc(CN4CCOCC4)o3)cc2)cc1=O)(C(=O)NOC1CCCCO1)S(C)(=O)=O. The van der Waals surface area contributed by atoms with Crippen molar-refractivity contribution in [1.82, 2.24) is 14.9 Å². The molecule has 0 radical (unpaired) electrons. The average Bonchev–Trinajstić information content (AvgIpc) is 3.49. The van der Waals surface area contributed by atoms with E-state index >= 15 is 0 Å². The number of nitrogens with zero attached hydrogens (tertiary/aromatic N) is 2. The standard InChI is InChI=1S/C33H39N3O8S/c1-33(45(2,39)40,32(38)34-44-31-5-3-4-20-42-31)15-17-36-16-14-27(23-30(36)37)26-9-6-25(7-10-26)8-11-28-12-13-29(43-28)24-35-18-21-41-22-19-35/h6-7,9-10,12-14,16,23,31H,3-5,15,17-22,24H2,1-2H3,(H,34,38). The number of hydroxylamine groups is 1. The Bertz CT molecular complexity index is 1690. The van der Waals surface area contributed by atoms with Gasteiger partial charge in [0.2, 0.25) is 0 Å². The van der Waals surface area contributed by atoms with E-state index in [0.29, 0.717) is 24.4 Å². The first-order chi connectivity index (χ1) is 21.6. The molecule has 2 saturated heterocycles. The van der Waals surface area contributed by atoms with Crippen LogP contribution >= 0.6 is 0 Å². The van der Waals surface area contributed by atoms with Gasteiger partial charge in [0.1, 0.15) is 5.76 Å². The van der Waals surface area contributed by atoms with E-state index in [9.17, 15) is 18.0 Å². The number of benzene rings is 1. The Labute approximate surface area is 263 Å². The molecule has 4 heterocycles. The number of sulfone groups is 1. The summed E-state index contributed by atoms with van der Waals surface area (Å²) in [5, 5.41) is 0. The number of aromatic nitrogens is 1. The normalized spacial score (nSPS) is 18.8. The van der Waals surface area contributed by atoms with E-state index in [1.54, 1.807) is 12.3 Å². The molecular formula is C33H39N3O8S. The van der Waals surface area contributed by atoms with Crippen LogP contribution in [-0.2, 0) is 42.0 Å². The summed E-state index contributed by atoms with van der Waals surface area (Å²) >= 11 is 0. The van der Waals surface area contributed by atoms with Crippen LogP contribution in [0, 0.1) is 11.8 Å². The molecule has 0 spiro atoms. The van der Waals surface area contributed by atoms with E-state index in [4.69, 9.17) is 18.7 Å². The largest absolute Gasteiger partial charge is 0.451 e. The molecule has 5 rings (SSSR count). The van der Waals surface area contributed by atoms with Gasteiger partial charge in [0, 0.05) is 56.7 Å². The van der Waals surface area contributed by atoms with Crippen LogP contribution in [0.1, 0.15) is 49.7 Å². The van der Waals surface area contributed by atoms with Crippen molar-refractivity contribution >= 4 is 15.7 Å².